The van der Waals surface area contributed by atoms with Crippen LogP contribution in [0.3, 0.4) is 0 Å². The summed E-state index contributed by atoms with van der Waals surface area (Å²) in [6.45, 7) is 5.46. The minimum absolute atomic E-state index is 0.0503. The van der Waals surface area contributed by atoms with E-state index in [4.69, 9.17) is 9.47 Å². The molecule has 0 amide bonds. The van der Waals surface area contributed by atoms with Crippen molar-refractivity contribution >= 4 is 5.97 Å². The number of alkyl halides is 2. The fraction of sp³-hybridized carbons (Fsp3) is 0.452. The van der Waals surface area contributed by atoms with Crippen molar-refractivity contribution in [2.75, 3.05) is 6.61 Å². The second kappa shape index (κ2) is 14.6. The Morgan fingerprint density at radius 1 is 0.842 bits per heavy atom. The standard InChI is InChI=1S/C31H38F2N2O3/c1-4-6-8-9-19-31(3,33)30(36)38-28-17-11-23(12-18-28)25-20-34-29(35-21-25)24-13-15-27(16-14-24)37-22-26(32)10-7-5-2/h11-18,20-21,26H,4-10,19,22H2,1-3H3/t26-,31-/m0/s1. The maximum absolute atomic E-state index is 14.7. The van der Waals surface area contributed by atoms with Gasteiger partial charge >= 0.3 is 5.97 Å². The van der Waals surface area contributed by atoms with E-state index in [2.05, 4.69) is 16.9 Å². The summed E-state index contributed by atoms with van der Waals surface area (Å²) in [6, 6.07) is 14.1. The van der Waals surface area contributed by atoms with Gasteiger partial charge in [-0.05, 0) is 68.1 Å². The molecular weight excluding hydrogens is 486 g/mol. The molecule has 0 N–H and O–H groups in total. The summed E-state index contributed by atoms with van der Waals surface area (Å²) in [5, 5.41) is 0. The largest absolute Gasteiger partial charge is 0.491 e. The molecule has 5 nitrogen and oxygen atoms in total. The lowest BCUT2D eigenvalue weighted by Gasteiger charge is -2.18. The molecule has 3 rings (SSSR count). The quantitative estimate of drug-likeness (QED) is 0.114. The van der Waals surface area contributed by atoms with E-state index in [1.165, 1.54) is 6.92 Å². The normalized spacial score (nSPS) is 13.5. The lowest BCUT2D eigenvalue weighted by Crippen LogP contribution is -2.34. The van der Waals surface area contributed by atoms with Gasteiger partial charge in [-0.2, -0.15) is 0 Å². The van der Waals surface area contributed by atoms with Gasteiger partial charge in [0.2, 0.25) is 5.67 Å². The van der Waals surface area contributed by atoms with Crippen molar-refractivity contribution in [3.05, 3.63) is 60.9 Å². The predicted molar refractivity (Wildman–Crippen MR) is 147 cm³/mol. The summed E-state index contributed by atoms with van der Waals surface area (Å²) < 4.78 is 39.4. The maximum atomic E-state index is 14.7. The van der Waals surface area contributed by atoms with Crippen LogP contribution in [0.25, 0.3) is 22.5 Å². The number of esters is 1. The van der Waals surface area contributed by atoms with Gasteiger partial charge in [0.1, 0.15) is 24.3 Å². The highest BCUT2D eigenvalue weighted by Crippen LogP contribution is 2.27. The van der Waals surface area contributed by atoms with Crippen LogP contribution in [-0.4, -0.2) is 34.4 Å². The van der Waals surface area contributed by atoms with Crippen molar-refractivity contribution in [2.45, 2.75) is 84.0 Å². The zero-order valence-electron chi connectivity index (χ0n) is 22.6. The van der Waals surface area contributed by atoms with Gasteiger partial charge in [0.05, 0.1) is 0 Å². The number of halogens is 2. The summed E-state index contributed by atoms with van der Waals surface area (Å²) in [7, 11) is 0. The average Bonchev–Trinajstić information content (AvgIpc) is 2.94. The number of rotatable bonds is 15. The van der Waals surface area contributed by atoms with Crippen molar-refractivity contribution in [3.8, 4) is 34.0 Å². The van der Waals surface area contributed by atoms with Crippen LogP contribution in [0.2, 0.25) is 0 Å². The van der Waals surface area contributed by atoms with E-state index in [1.54, 1.807) is 48.8 Å². The van der Waals surface area contributed by atoms with Crippen molar-refractivity contribution in [1.82, 2.24) is 9.97 Å². The molecule has 1 heterocycles. The number of ether oxygens (including phenoxy) is 2. The molecule has 2 atom stereocenters. The lowest BCUT2D eigenvalue weighted by molar-refractivity contribution is -0.147. The first kappa shape index (κ1) is 29.2. The molecule has 0 saturated carbocycles. The number of unbranched alkanes of at least 4 members (excludes halogenated alkanes) is 4. The minimum atomic E-state index is -2.01. The van der Waals surface area contributed by atoms with Gasteiger partial charge in [-0.25, -0.2) is 23.5 Å². The van der Waals surface area contributed by atoms with Crippen LogP contribution in [0.15, 0.2) is 60.9 Å². The Balaban J connectivity index is 1.55. The van der Waals surface area contributed by atoms with Gasteiger partial charge in [-0.15, -0.1) is 0 Å². The van der Waals surface area contributed by atoms with E-state index in [0.717, 1.165) is 48.8 Å². The Hall–Kier alpha value is -3.35. The van der Waals surface area contributed by atoms with Crippen molar-refractivity contribution in [1.29, 1.82) is 0 Å². The molecule has 38 heavy (non-hydrogen) atoms. The Kier molecular flexibility index (Phi) is 11.2. The second-order valence-electron chi connectivity index (χ2n) is 9.79. The smallest absolute Gasteiger partial charge is 0.348 e. The van der Waals surface area contributed by atoms with E-state index < -0.39 is 17.8 Å². The molecule has 0 aliphatic rings. The van der Waals surface area contributed by atoms with Gasteiger partial charge in [-0.3, -0.25) is 0 Å². The van der Waals surface area contributed by atoms with Crippen LogP contribution < -0.4 is 9.47 Å². The first-order valence-electron chi connectivity index (χ1n) is 13.5. The second-order valence-corrected chi connectivity index (χ2v) is 9.79. The van der Waals surface area contributed by atoms with Crippen LogP contribution in [0.5, 0.6) is 11.5 Å². The van der Waals surface area contributed by atoms with Crippen molar-refractivity contribution < 1.29 is 23.0 Å². The number of hydrogen-bond donors (Lipinski definition) is 0. The Morgan fingerprint density at radius 2 is 1.45 bits per heavy atom. The molecular formula is C31H38F2N2O3. The van der Waals surface area contributed by atoms with Crippen LogP contribution in [0.1, 0.15) is 72.1 Å². The van der Waals surface area contributed by atoms with E-state index in [-0.39, 0.29) is 13.0 Å². The molecule has 0 fully saturated rings. The van der Waals surface area contributed by atoms with Gasteiger partial charge in [-0.1, -0.05) is 58.1 Å². The molecule has 0 spiro atoms. The topological polar surface area (TPSA) is 61.3 Å². The van der Waals surface area contributed by atoms with Crippen molar-refractivity contribution in [3.63, 3.8) is 0 Å². The third-order valence-electron chi connectivity index (χ3n) is 6.39. The highest BCUT2D eigenvalue weighted by atomic mass is 19.1. The SMILES string of the molecule is CCCCCC[C@](C)(F)C(=O)Oc1ccc(-c2cnc(-c3ccc(OC[C@@H](F)CCCC)cc3)nc2)cc1. The molecule has 3 aromatic rings. The van der Waals surface area contributed by atoms with E-state index in [0.29, 0.717) is 30.2 Å². The number of nitrogens with zero attached hydrogens (tertiary/aromatic N) is 2. The van der Waals surface area contributed by atoms with Crippen LogP contribution >= 0.6 is 0 Å². The Labute approximate surface area is 224 Å². The number of benzene rings is 2. The van der Waals surface area contributed by atoms with Gasteiger partial charge < -0.3 is 9.47 Å². The first-order chi connectivity index (χ1) is 18.3. The molecule has 0 aliphatic heterocycles. The highest BCUT2D eigenvalue weighted by molar-refractivity contribution is 5.81. The monoisotopic (exact) mass is 524 g/mol. The van der Waals surface area contributed by atoms with E-state index in [9.17, 15) is 13.6 Å². The van der Waals surface area contributed by atoms with Crippen LogP contribution in [0, 0.1) is 0 Å². The third-order valence-corrected chi connectivity index (χ3v) is 6.39. The van der Waals surface area contributed by atoms with E-state index in [1.807, 2.05) is 19.1 Å². The molecule has 0 radical (unpaired) electrons. The highest BCUT2D eigenvalue weighted by Gasteiger charge is 2.34. The summed E-state index contributed by atoms with van der Waals surface area (Å²) in [4.78, 5) is 21.2. The first-order valence-corrected chi connectivity index (χ1v) is 13.5. The summed E-state index contributed by atoms with van der Waals surface area (Å²) in [5.74, 6) is 0.584. The van der Waals surface area contributed by atoms with Crippen molar-refractivity contribution in [2.24, 2.45) is 0 Å². The Bertz CT molecular complexity index is 1120. The number of carbonyl (C=O) groups is 1. The van der Waals surface area contributed by atoms with Gasteiger partial charge in [0.25, 0.3) is 0 Å². The van der Waals surface area contributed by atoms with E-state index >= 15 is 0 Å². The van der Waals surface area contributed by atoms with Gasteiger partial charge in [0.15, 0.2) is 5.82 Å². The fourth-order valence-corrected chi connectivity index (χ4v) is 3.94. The van der Waals surface area contributed by atoms with Crippen LogP contribution in [0.4, 0.5) is 8.78 Å². The Morgan fingerprint density at radius 3 is 2.08 bits per heavy atom. The summed E-state index contributed by atoms with van der Waals surface area (Å²) in [5.41, 5.74) is 0.438. The molecule has 204 valence electrons. The number of carbonyl (C=O) groups excluding carboxylic acids is 1. The number of aromatic nitrogens is 2. The zero-order valence-corrected chi connectivity index (χ0v) is 22.6. The number of hydrogen-bond acceptors (Lipinski definition) is 5. The summed E-state index contributed by atoms with van der Waals surface area (Å²) >= 11 is 0. The molecule has 1 aromatic heterocycles. The summed E-state index contributed by atoms with van der Waals surface area (Å²) in [6.07, 6.45) is 8.59. The predicted octanol–water partition coefficient (Wildman–Crippen LogP) is 8.32. The minimum Gasteiger partial charge on any atom is -0.491 e. The third kappa shape index (κ3) is 8.89. The molecule has 7 heteroatoms. The molecule has 0 bridgehead atoms. The van der Waals surface area contributed by atoms with Crippen LogP contribution in [-0.2, 0) is 4.79 Å². The molecule has 0 unspecified atom stereocenters. The fourth-order valence-electron chi connectivity index (χ4n) is 3.94. The molecule has 0 saturated heterocycles. The maximum Gasteiger partial charge on any atom is 0.348 e. The lowest BCUT2D eigenvalue weighted by atomic mass is 10.00. The molecule has 0 aliphatic carbocycles. The zero-order chi connectivity index (χ0) is 27.4. The van der Waals surface area contributed by atoms with Gasteiger partial charge in [0, 0.05) is 23.5 Å². The molecule has 2 aromatic carbocycles. The average molecular weight is 525 g/mol.